The third-order valence-corrected chi connectivity index (χ3v) is 3.60. The summed E-state index contributed by atoms with van der Waals surface area (Å²) in [5.74, 6) is -0.511. The SMILES string of the molecule is Nc1cncc(CCc2cccc(Nc3nc(Cl)ncc3F)c2)c1. The summed E-state index contributed by atoms with van der Waals surface area (Å²) >= 11 is 5.70. The third-order valence-electron chi connectivity index (χ3n) is 3.42. The van der Waals surface area contributed by atoms with E-state index >= 15 is 0 Å². The first kappa shape index (κ1) is 16.1. The molecule has 1 aromatic carbocycles. The molecule has 0 aliphatic carbocycles. The van der Waals surface area contributed by atoms with E-state index in [2.05, 4.69) is 20.3 Å². The van der Waals surface area contributed by atoms with Crippen LogP contribution in [-0.2, 0) is 12.8 Å². The second-order valence-corrected chi connectivity index (χ2v) is 5.63. The third kappa shape index (κ3) is 4.17. The summed E-state index contributed by atoms with van der Waals surface area (Å²) in [6, 6.07) is 9.59. The molecular weight excluding hydrogens is 329 g/mol. The first-order valence-electron chi connectivity index (χ1n) is 7.33. The Kier molecular flexibility index (Phi) is 4.86. The molecule has 3 rings (SSSR count). The normalized spacial score (nSPS) is 10.6. The van der Waals surface area contributed by atoms with Crippen molar-refractivity contribution in [3.63, 3.8) is 0 Å². The van der Waals surface area contributed by atoms with E-state index in [0.717, 1.165) is 35.9 Å². The van der Waals surface area contributed by atoms with Crippen LogP contribution < -0.4 is 11.1 Å². The van der Waals surface area contributed by atoms with Gasteiger partial charge in [0, 0.05) is 18.1 Å². The van der Waals surface area contributed by atoms with Crippen molar-refractivity contribution >= 4 is 28.8 Å². The number of nitrogens with one attached hydrogen (secondary N) is 1. The molecule has 7 heteroatoms. The molecule has 24 heavy (non-hydrogen) atoms. The summed E-state index contributed by atoms with van der Waals surface area (Å²) in [4.78, 5) is 11.5. The van der Waals surface area contributed by atoms with Crippen molar-refractivity contribution in [2.75, 3.05) is 11.1 Å². The topological polar surface area (TPSA) is 76.7 Å². The monoisotopic (exact) mass is 343 g/mol. The number of rotatable bonds is 5. The molecule has 3 aromatic rings. The van der Waals surface area contributed by atoms with E-state index in [9.17, 15) is 4.39 Å². The number of nitrogen functional groups attached to an aromatic ring is 1. The summed E-state index contributed by atoms with van der Waals surface area (Å²) in [6.45, 7) is 0. The number of nitrogens with two attached hydrogens (primary N) is 1. The minimum atomic E-state index is -0.560. The van der Waals surface area contributed by atoms with Crippen molar-refractivity contribution in [3.8, 4) is 0 Å². The number of aryl methyl sites for hydroxylation is 2. The quantitative estimate of drug-likeness (QED) is 0.689. The predicted molar refractivity (Wildman–Crippen MR) is 92.8 cm³/mol. The van der Waals surface area contributed by atoms with Gasteiger partial charge in [0.1, 0.15) is 0 Å². The van der Waals surface area contributed by atoms with Gasteiger partial charge < -0.3 is 11.1 Å². The molecule has 0 spiro atoms. The van der Waals surface area contributed by atoms with Gasteiger partial charge in [-0.2, -0.15) is 4.98 Å². The number of anilines is 3. The largest absolute Gasteiger partial charge is 0.397 e. The highest BCUT2D eigenvalue weighted by molar-refractivity contribution is 6.28. The second-order valence-electron chi connectivity index (χ2n) is 5.29. The van der Waals surface area contributed by atoms with E-state index in [1.807, 2.05) is 30.3 Å². The Morgan fingerprint density at radius 3 is 2.75 bits per heavy atom. The molecule has 0 fully saturated rings. The Hall–Kier alpha value is -2.73. The summed E-state index contributed by atoms with van der Waals surface area (Å²) < 4.78 is 13.7. The maximum absolute atomic E-state index is 13.7. The van der Waals surface area contributed by atoms with Crippen molar-refractivity contribution in [1.82, 2.24) is 15.0 Å². The van der Waals surface area contributed by atoms with E-state index in [0.29, 0.717) is 5.69 Å². The molecule has 3 N–H and O–H groups in total. The van der Waals surface area contributed by atoms with Crippen LogP contribution in [0.3, 0.4) is 0 Å². The lowest BCUT2D eigenvalue weighted by atomic mass is 10.0. The Labute approximate surface area is 143 Å². The summed E-state index contributed by atoms with van der Waals surface area (Å²) in [5.41, 5.74) is 9.28. The number of pyridine rings is 1. The Balaban J connectivity index is 1.71. The molecule has 0 bridgehead atoms. The van der Waals surface area contributed by atoms with Gasteiger partial charge >= 0.3 is 0 Å². The fourth-order valence-electron chi connectivity index (χ4n) is 2.31. The zero-order valence-electron chi connectivity index (χ0n) is 12.7. The van der Waals surface area contributed by atoms with E-state index in [4.69, 9.17) is 17.3 Å². The van der Waals surface area contributed by atoms with Gasteiger partial charge in [0.25, 0.3) is 0 Å². The zero-order chi connectivity index (χ0) is 16.9. The van der Waals surface area contributed by atoms with Gasteiger partial charge in [-0.3, -0.25) is 4.98 Å². The molecular formula is C17H15ClFN5. The number of nitrogens with zero attached hydrogens (tertiary/aromatic N) is 3. The van der Waals surface area contributed by atoms with Crippen molar-refractivity contribution in [3.05, 3.63) is 71.2 Å². The van der Waals surface area contributed by atoms with Gasteiger partial charge in [0.05, 0.1) is 11.9 Å². The van der Waals surface area contributed by atoms with Crippen LogP contribution in [0.25, 0.3) is 0 Å². The van der Waals surface area contributed by atoms with Crippen LogP contribution in [0.2, 0.25) is 5.28 Å². The average Bonchev–Trinajstić information content (AvgIpc) is 2.57. The lowest BCUT2D eigenvalue weighted by molar-refractivity contribution is 0.619. The van der Waals surface area contributed by atoms with Crippen molar-refractivity contribution in [2.45, 2.75) is 12.8 Å². The standard InChI is InChI=1S/C17H15ClFN5/c18-17-22-10-15(19)16(24-17)23-14-3-1-2-11(7-14)4-5-12-6-13(20)9-21-8-12/h1-3,6-10H,4-5,20H2,(H,22,23,24). The van der Waals surface area contributed by atoms with Gasteiger partial charge in [-0.15, -0.1) is 0 Å². The fourth-order valence-corrected chi connectivity index (χ4v) is 2.44. The van der Waals surface area contributed by atoms with Crippen LogP contribution in [0, 0.1) is 5.82 Å². The van der Waals surface area contributed by atoms with Crippen LogP contribution in [0.15, 0.2) is 48.9 Å². The molecule has 0 amide bonds. The molecule has 0 atom stereocenters. The van der Waals surface area contributed by atoms with Crippen LogP contribution in [0.4, 0.5) is 21.6 Å². The van der Waals surface area contributed by atoms with E-state index < -0.39 is 5.82 Å². The van der Waals surface area contributed by atoms with E-state index in [1.54, 1.807) is 12.4 Å². The minimum Gasteiger partial charge on any atom is -0.397 e. The molecule has 0 radical (unpaired) electrons. The minimum absolute atomic E-state index is 0.00998. The van der Waals surface area contributed by atoms with Gasteiger partial charge in [-0.1, -0.05) is 12.1 Å². The molecule has 5 nitrogen and oxygen atoms in total. The summed E-state index contributed by atoms with van der Waals surface area (Å²) in [5, 5.41) is 2.91. The number of hydrogen-bond acceptors (Lipinski definition) is 5. The van der Waals surface area contributed by atoms with Crippen LogP contribution in [0.1, 0.15) is 11.1 Å². The van der Waals surface area contributed by atoms with Crippen LogP contribution >= 0.6 is 11.6 Å². The van der Waals surface area contributed by atoms with Gasteiger partial charge in [0.2, 0.25) is 5.28 Å². The first-order chi connectivity index (χ1) is 11.6. The van der Waals surface area contributed by atoms with Crippen LogP contribution in [0.5, 0.6) is 0 Å². The molecule has 0 aliphatic rings. The Bertz CT molecular complexity index is 856. The van der Waals surface area contributed by atoms with Crippen molar-refractivity contribution in [2.24, 2.45) is 0 Å². The Morgan fingerprint density at radius 2 is 1.92 bits per heavy atom. The van der Waals surface area contributed by atoms with E-state index in [-0.39, 0.29) is 11.1 Å². The summed E-state index contributed by atoms with van der Waals surface area (Å²) in [7, 11) is 0. The van der Waals surface area contributed by atoms with Crippen molar-refractivity contribution < 1.29 is 4.39 Å². The number of halogens is 2. The summed E-state index contributed by atoms with van der Waals surface area (Å²) in [6.07, 6.45) is 6.09. The molecule has 122 valence electrons. The molecule has 2 aromatic heterocycles. The Morgan fingerprint density at radius 1 is 1.08 bits per heavy atom. The predicted octanol–water partition coefficient (Wildman–Crippen LogP) is 3.78. The number of hydrogen-bond donors (Lipinski definition) is 2. The zero-order valence-corrected chi connectivity index (χ0v) is 13.5. The molecule has 0 saturated carbocycles. The lowest BCUT2D eigenvalue weighted by Crippen LogP contribution is -2.00. The van der Waals surface area contributed by atoms with Crippen molar-refractivity contribution in [1.29, 1.82) is 0 Å². The highest BCUT2D eigenvalue weighted by atomic mass is 35.5. The molecule has 0 aliphatic heterocycles. The van der Waals surface area contributed by atoms with Gasteiger partial charge in [0.15, 0.2) is 11.6 Å². The maximum atomic E-state index is 13.7. The highest BCUT2D eigenvalue weighted by Crippen LogP contribution is 2.20. The lowest BCUT2D eigenvalue weighted by Gasteiger charge is -2.09. The molecule has 0 unspecified atom stereocenters. The maximum Gasteiger partial charge on any atom is 0.224 e. The second kappa shape index (κ2) is 7.23. The number of benzene rings is 1. The first-order valence-corrected chi connectivity index (χ1v) is 7.71. The molecule has 2 heterocycles. The fraction of sp³-hybridized carbons (Fsp3) is 0.118. The average molecular weight is 344 g/mol. The molecule has 0 saturated heterocycles. The smallest absolute Gasteiger partial charge is 0.224 e. The highest BCUT2D eigenvalue weighted by Gasteiger charge is 2.07. The van der Waals surface area contributed by atoms with E-state index in [1.165, 1.54) is 0 Å². The van der Waals surface area contributed by atoms with Gasteiger partial charge in [-0.25, -0.2) is 9.37 Å². The van der Waals surface area contributed by atoms with Gasteiger partial charge in [-0.05, 0) is 53.8 Å². The van der Waals surface area contributed by atoms with Crippen LogP contribution in [-0.4, -0.2) is 15.0 Å². The number of aromatic nitrogens is 3.